The van der Waals surface area contributed by atoms with E-state index in [2.05, 4.69) is 4.99 Å². The second kappa shape index (κ2) is 9.28. The van der Waals surface area contributed by atoms with Gasteiger partial charge in [-0.3, -0.25) is 4.79 Å². The fourth-order valence-electron chi connectivity index (χ4n) is 3.00. The van der Waals surface area contributed by atoms with Crippen molar-refractivity contribution in [2.75, 3.05) is 12.0 Å². The van der Waals surface area contributed by atoms with Crippen molar-refractivity contribution in [2.45, 2.75) is 6.54 Å². The molecule has 4 nitrogen and oxygen atoms in total. The monoisotopic (exact) mass is 438 g/mol. The van der Waals surface area contributed by atoms with Gasteiger partial charge in [0.25, 0.3) is 5.91 Å². The third-order valence-electron chi connectivity index (χ3n) is 4.42. The predicted octanol–water partition coefficient (Wildman–Crippen LogP) is 5.74. The van der Waals surface area contributed by atoms with Crippen LogP contribution in [0.5, 0.6) is 11.5 Å². The molecule has 152 valence electrons. The number of hydrogen-bond acceptors (Lipinski definition) is 4. The van der Waals surface area contributed by atoms with Crippen LogP contribution in [0.15, 0.2) is 77.8 Å². The van der Waals surface area contributed by atoms with Gasteiger partial charge in [0.05, 0.1) is 10.2 Å². The Labute approximate surface area is 181 Å². The molecule has 0 aliphatic carbocycles. The van der Waals surface area contributed by atoms with E-state index in [1.165, 1.54) is 23.5 Å². The Balaban J connectivity index is 1.68. The minimum atomic E-state index is -0.363. The molecule has 0 aliphatic rings. The molecular weight excluding hydrogens is 419 g/mol. The zero-order chi connectivity index (χ0) is 20.9. The van der Waals surface area contributed by atoms with Crippen molar-refractivity contribution >= 4 is 39.2 Å². The third kappa shape index (κ3) is 4.63. The van der Waals surface area contributed by atoms with E-state index in [1.54, 1.807) is 42.1 Å². The van der Waals surface area contributed by atoms with Crippen LogP contribution in [0.25, 0.3) is 10.2 Å². The summed E-state index contributed by atoms with van der Waals surface area (Å²) in [5, 5.41) is 0. The van der Waals surface area contributed by atoms with Crippen LogP contribution in [0, 0.1) is 5.82 Å². The summed E-state index contributed by atoms with van der Waals surface area (Å²) in [7, 11) is 0. The first-order valence-corrected chi connectivity index (χ1v) is 11.5. The van der Waals surface area contributed by atoms with E-state index in [-0.39, 0.29) is 11.7 Å². The zero-order valence-corrected chi connectivity index (χ0v) is 17.9. The second-order valence-electron chi connectivity index (χ2n) is 6.50. The number of hydrogen-bond donors (Lipinski definition) is 0. The van der Waals surface area contributed by atoms with Crippen LogP contribution < -0.4 is 9.54 Å². The summed E-state index contributed by atoms with van der Waals surface area (Å²) < 4.78 is 22.2. The normalized spacial score (nSPS) is 11.7. The second-order valence-corrected chi connectivity index (χ2v) is 8.50. The molecule has 1 aromatic heterocycles. The van der Waals surface area contributed by atoms with Crippen molar-refractivity contribution in [2.24, 2.45) is 4.99 Å². The van der Waals surface area contributed by atoms with Gasteiger partial charge in [-0.25, -0.2) is 4.39 Å². The number of fused-ring (bicyclic) bond motifs is 1. The quantitative estimate of drug-likeness (QED) is 0.386. The standard InChI is InChI=1S/C23H19FN2O2S2/c1-29-13-12-26-20-11-10-17(24)15-21(20)30-23(26)25-22(27)16-6-5-9-19(14-16)28-18-7-3-2-4-8-18/h2-11,14-15H,12-13H2,1H3. The Hall–Kier alpha value is -2.90. The van der Waals surface area contributed by atoms with Gasteiger partial charge >= 0.3 is 0 Å². The fraction of sp³-hybridized carbons (Fsp3) is 0.130. The summed E-state index contributed by atoms with van der Waals surface area (Å²) >= 11 is 3.02. The Kier molecular flexibility index (Phi) is 6.30. The number of carbonyl (C=O) groups excluding carboxylic acids is 1. The third-order valence-corrected chi connectivity index (χ3v) is 6.05. The Bertz CT molecular complexity index is 1250. The van der Waals surface area contributed by atoms with E-state index in [1.807, 2.05) is 41.2 Å². The highest BCUT2D eigenvalue weighted by Gasteiger charge is 2.11. The van der Waals surface area contributed by atoms with Crippen LogP contribution in [-0.4, -0.2) is 22.5 Å². The highest BCUT2D eigenvalue weighted by molar-refractivity contribution is 7.98. The summed E-state index contributed by atoms with van der Waals surface area (Å²) in [4.78, 5) is 17.8. The van der Waals surface area contributed by atoms with Crippen LogP contribution in [0.3, 0.4) is 0 Å². The molecule has 1 amide bonds. The highest BCUT2D eigenvalue weighted by atomic mass is 32.2. The van der Waals surface area contributed by atoms with Gasteiger partial charge in [0, 0.05) is 17.9 Å². The smallest absolute Gasteiger partial charge is 0.279 e. The molecule has 30 heavy (non-hydrogen) atoms. The molecule has 0 bridgehead atoms. The highest BCUT2D eigenvalue weighted by Crippen LogP contribution is 2.23. The number of aromatic nitrogens is 1. The number of thioether (sulfide) groups is 1. The molecule has 0 spiro atoms. The average molecular weight is 439 g/mol. The van der Waals surface area contributed by atoms with Gasteiger partial charge in [-0.15, -0.1) is 0 Å². The number of para-hydroxylation sites is 1. The molecule has 4 aromatic rings. The Morgan fingerprint density at radius 3 is 2.67 bits per heavy atom. The van der Waals surface area contributed by atoms with Crippen LogP contribution in [0.4, 0.5) is 4.39 Å². The lowest BCUT2D eigenvalue weighted by Crippen LogP contribution is -2.18. The molecule has 0 saturated carbocycles. The fourth-order valence-corrected chi connectivity index (χ4v) is 4.44. The van der Waals surface area contributed by atoms with Crippen LogP contribution in [0.2, 0.25) is 0 Å². The summed E-state index contributed by atoms with van der Waals surface area (Å²) in [6, 6.07) is 21.0. The number of thiazole rings is 1. The van der Waals surface area contributed by atoms with Crippen LogP contribution >= 0.6 is 23.1 Å². The minimum Gasteiger partial charge on any atom is -0.457 e. The molecule has 7 heteroatoms. The van der Waals surface area contributed by atoms with Gasteiger partial charge in [0.1, 0.15) is 17.3 Å². The maximum Gasteiger partial charge on any atom is 0.279 e. The summed E-state index contributed by atoms with van der Waals surface area (Å²) in [5.41, 5.74) is 1.31. The number of amides is 1. The number of rotatable bonds is 6. The van der Waals surface area contributed by atoms with Crippen molar-refractivity contribution in [3.05, 3.63) is 89.0 Å². The van der Waals surface area contributed by atoms with E-state index in [0.717, 1.165) is 16.0 Å². The van der Waals surface area contributed by atoms with Crippen molar-refractivity contribution < 1.29 is 13.9 Å². The summed E-state index contributed by atoms with van der Waals surface area (Å²) in [5.74, 6) is 1.46. The first kappa shape index (κ1) is 20.4. The van der Waals surface area contributed by atoms with Crippen molar-refractivity contribution in [1.29, 1.82) is 0 Å². The number of aryl methyl sites for hydroxylation is 1. The molecule has 0 saturated heterocycles. The molecule has 3 aromatic carbocycles. The lowest BCUT2D eigenvalue weighted by atomic mass is 10.2. The molecular formula is C23H19FN2O2S2. The Morgan fingerprint density at radius 1 is 1.07 bits per heavy atom. The number of ether oxygens (including phenoxy) is 1. The van der Waals surface area contributed by atoms with Crippen molar-refractivity contribution in [3.8, 4) is 11.5 Å². The van der Waals surface area contributed by atoms with E-state index in [0.29, 0.717) is 28.4 Å². The van der Waals surface area contributed by atoms with E-state index < -0.39 is 0 Å². The zero-order valence-electron chi connectivity index (χ0n) is 16.2. The lowest BCUT2D eigenvalue weighted by molar-refractivity contribution is 0.0997. The van der Waals surface area contributed by atoms with Crippen molar-refractivity contribution in [1.82, 2.24) is 4.57 Å². The SMILES string of the molecule is CSCCn1c(=NC(=O)c2cccc(Oc3ccccc3)c2)sc2cc(F)ccc21. The number of halogens is 1. The molecule has 0 radical (unpaired) electrons. The topological polar surface area (TPSA) is 43.6 Å². The summed E-state index contributed by atoms with van der Waals surface area (Å²) in [6.07, 6.45) is 2.02. The number of nitrogens with zero attached hydrogens (tertiary/aromatic N) is 2. The lowest BCUT2D eigenvalue weighted by Gasteiger charge is -2.06. The maximum atomic E-state index is 13.7. The van der Waals surface area contributed by atoms with Crippen LogP contribution in [0.1, 0.15) is 10.4 Å². The van der Waals surface area contributed by atoms with E-state index in [4.69, 9.17) is 4.74 Å². The number of benzene rings is 3. The molecule has 0 atom stereocenters. The van der Waals surface area contributed by atoms with Gasteiger partial charge in [-0.1, -0.05) is 35.6 Å². The average Bonchev–Trinajstić information content (AvgIpc) is 3.09. The largest absolute Gasteiger partial charge is 0.457 e. The molecule has 0 fully saturated rings. The van der Waals surface area contributed by atoms with Gasteiger partial charge in [-0.2, -0.15) is 16.8 Å². The maximum absolute atomic E-state index is 13.7. The first-order chi connectivity index (χ1) is 14.6. The predicted molar refractivity (Wildman–Crippen MR) is 121 cm³/mol. The first-order valence-electron chi connectivity index (χ1n) is 9.34. The van der Waals surface area contributed by atoms with E-state index in [9.17, 15) is 9.18 Å². The molecule has 0 N–H and O–H groups in total. The van der Waals surface area contributed by atoms with E-state index >= 15 is 0 Å². The van der Waals surface area contributed by atoms with Gasteiger partial charge < -0.3 is 9.30 Å². The summed E-state index contributed by atoms with van der Waals surface area (Å²) in [6.45, 7) is 0.691. The van der Waals surface area contributed by atoms with Gasteiger partial charge in [-0.05, 0) is 54.8 Å². The number of carbonyl (C=O) groups is 1. The van der Waals surface area contributed by atoms with Gasteiger partial charge in [0.2, 0.25) is 0 Å². The molecule has 4 rings (SSSR count). The van der Waals surface area contributed by atoms with Crippen LogP contribution in [-0.2, 0) is 6.54 Å². The Morgan fingerprint density at radius 2 is 1.87 bits per heavy atom. The molecule has 0 unspecified atom stereocenters. The molecule has 1 heterocycles. The van der Waals surface area contributed by atoms with Gasteiger partial charge in [0.15, 0.2) is 4.80 Å². The molecule has 0 aliphatic heterocycles. The minimum absolute atomic E-state index is 0.301. The van der Waals surface area contributed by atoms with Crippen molar-refractivity contribution in [3.63, 3.8) is 0 Å².